The van der Waals surface area contributed by atoms with Crippen LogP contribution in [0.1, 0.15) is 18.6 Å². The van der Waals surface area contributed by atoms with Gasteiger partial charge in [0.1, 0.15) is 0 Å². The number of aliphatic hydroxyl groups excluding tert-OH is 1. The summed E-state index contributed by atoms with van der Waals surface area (Å²) in [5, 5.41) is 12.7. The molecule has 0 fully saturated rings. The number of hydrogen-bond donors (Lipinski definition) is 2. The monoisotopic (exact) mass is 225 g/mol. The Morgan fingerprint density at radius 3 is 2.69 bits per heavy atom. The normalized spacial score (nSPS) is 12.2. The van der Waals surface area contributed by atoms with Gasteiger partial charge in [0, 0.05) is 6.54 Å². The second-order valence-corrected chi connectivity index (χ2v) is 3.42. The maximum absolute atomic E-state index is 9.82. The minimum atomic E-state index is -0.532. The van der Waals surface area contributed by atoms with Crippen LogP contribution in [0.4, 0.5) is 0 Å². The van der Waals surface area contributed by atoms with Crippen molar-refractivity contribution in [3.8, 4) is 11.5 Å². The van der Waals surface area contributed by atoms with E-state index >= 15 is 0 Å². The van der Waals surface area contributed by atoms with E-state index in [1.807, 2.05) is 19.1 Å². The van der Waals surface area contributed by atoms with Crippen LogP contribution in [0.2, 0.25) is 0 Å². The molecule has 0 aromatic heterocycles. The van der Waals surface area contributed by atoms with Gasteiger partial charge in [0.25, 0.3) is 0 Å². The Bertz CT molecular complexity index is 328. The molecule has 16 heavy (non-hydrogen) atoms. The van der Waals surface area contributed by atoms with E-state index in [0.29, 0.717) is 24.7 Å². The van der Waals surface area contributed by atoms with Gasteiger partial charge in [0.2, 0.25) is 0 Å². The molecule has 1 aromatic rings. The third-order valence-corrected chi connectivity index (χ3v) is 2.27. The molecule has 90 valence electrons. The van der Waals surface area contributed by atoms with Crippen LogP contribution >= 0.6 is 0 Å². The Morgan fingerprint density at radius 1 is 1.38 bits per heavy atom. The van der Waals surface area contributed by atoms with Gasteiger partial charge in [0.15, 0.2) is 11.5 Å². The molecule has 4 heteroatoms. The van der Waals surface area contributed by atoms with Gasteiger partial charge in [-0.25, -0.2) is 0 Å². The number of nitrogens with one attached hydrogen (secondary N) is 1. The van der Waals surface area contributed by atoms with Gasteiger partial charge in [-0.2, -0.15) is 0 Å². The van der Waals surface area contributed by atoms with Crippen LogP contribution in [0, 0.1) is 0 Å². The highest BCUT2D eigenvalue weighted by Crippen LogP contribution is 2.30. The third-order valence-electron chi connectivity index (χ3n) is 2.27. The van der Waals surface area contributed by atoms with Gasteiger partial charge in [-0.15, -0.1) is 0 Å². The largest absolute Gasteiger partial charge is 0.493 e. The second-order valence-electron chi connectivity index (χ2n) is 3.42. The zero-order chi connectivity index (χ0) is 12.0. The van der Waals surface area contributed by atoms with Crippen LogP contribution < -0.4 is 14.8 Å². The number of likely N-dealkylation sites (N-methyl/N-ethyl adjacent to an activating group) is 1. The smallest absolute Gasteiger partial charge is 0.161 e. The Morgan fingerprint density at radius 2 is 2.12 bits per heavy atom. The Balaban J connectivity index is 2.91. The molecule has 0 radical (unpaired) electrons. The predicted octanol–water partition coefficient (Wildman–Crippen LogP) is 1.35. The molecule has 1 aromatic carbocycles. The lowest BCUT2D eigenvalue weighted by Gasteiger charge is -2.14. The molecule has 0 heterocycles. The van der Waals surface area contributed by atoms with Crippen molar-refractivity contribution < 1.29 is 14.6 Å². The number of ether oxygens (including phenoxy) is 2. The first-order valence-electron chi connectivity index (χ1n) is 5.36. The highest BCUT2D eigenvalue weighted by Gasteiger charge is 2.10. The van der Waals surface area contributed by atoms with Crippen molar-refractivity contribution >= 4 is 0 Å². The van der Waals surface area contributed by atoms with Gasteiger partial charge < -0.3 is 19.9 Å². The lowest BCUT2D eigenvalue weighted by atomic mass is 10.1. The summed E-state index contributed by atoms with van der Waals surface area (Å²) in [5.41, 5.74) is 0.818. The molecule has 0 aliphatic carbocycles. The van der Waals surface area contributed by atoms with E-state index in [0.717, 1.165) is 5.56 Å². The summed E-state index contributed by atoms with van der Waals surface area (Å²) in [6.45, 7) is 3.00. The quantitative estimate of drug-likeness (QED) is 0.767. The Kier molecular flexibility index (Phi) is 5.08. The fourth-order valence-corrected chi connectivity index (χ4v) is 1.48. The first-order chi connectivity index (χ1) is 7.72. The number of hydrogen-bond acceptors (Lipinski definition) is 4. The first-order valence-corrected chi connectivity index (χ1v) is 5.36. The fourth-order valence-electron chi connectivity index (χ4n) is 1.48. The second kappa shape index (κ2) is 6.35. The Labute approximate surface area is 96.2 Å². The molecule has 4 nitrogen and oxygen atoms in total. The highest BCUT2D eigenvalue weighted by molar-refractivity contribution is 5.43. The van der Waals surface area contributed by atoms with Crippen molar-refractivity contribution in [3.05, 3.63) is 23.8 Å². The van der Waals surface area contributed by atoms with Crippen LogP contribution in [-0.2, 0) is 0 Å². The Hall–Kier alpha value is -1.26. The van der Waals surface area contributed by atoms with Crippen LogP contribution in [0.15, 0.2) is 18.2 Å². The van der Waals surface area contributed by atoms with Crippen LogP contribution in [0.25, 0.3) is 0 Å². The number of rotatable bonds is 6. The van der Waals surface area contributed by atoms with Crippen LogP contribution in [0.3, 0.4) is 0 Å². The van der Waals surface area contributed by atoms with Gasteiger partial charge in [0.05, 0.1) is 19.8 Å². The van der Waals surface area contributed by atoms with E-state index in [1.165, 1.54) is 0 Å². The van der Waals surface area contributed by atoms with Crippen molar-refractivity contribution in [2.75, 3.05) is 27.3 Å². The molecule has 0 saturated carbocycles. The van der Waals surface area contributed by atoms with E-state index in [-0.39, 0.29) is 0 Å². The number of aliphatic hydroxyl groups is 1. The average molecular weight is 225 g/mol. The molecule has 1 rings (SSSR count). The number of benzene rings is 1. The highest BCUT2D eigenvalue weighted by atomic mass is 16.5. The predicted molar refractivity (Wildman–Crippen MR) is 63.0 cm³/mol. The van der Waals surface area contributed by atoms with Crippen molar-refractivity contribution in [2.24, 2.45) is 0 Å². The van der Waals surface area contributed by atoms with Gasteiger partial charge >= 0.3 is 0 Å². The minimum absolute atomic E-state index is 0.512. The summed E-state index contributed by atoms with van der Waals surface area (Å²) in [6.07, 6.45) is -0.532. The molecule has 0 aliphatic rings. The maximum Gasteiger partial charge on any atom is 0.161 e. The zero-order valence-corrected chi connectivity index (χ0v) is 9.99. The van der Waals surface area contributed by atoms with Gasteiger partial charge in [-0.3, -0.25) is 0 Å². The van der Waals surface area contributed by atoms with Crippen LogP contribution in [-0.4, -0.2) is 32.4 Å². The van der Waals surface area contributed by atoms with E-state index in [1.54, 1.807) is 20.2 Å². The van der Waals surface area contributed by atoms with E-state index < -0.39 is 6.10 Å². The third kappa shape index (κ3) is 3.12. The fraction of sp³-hybridized carbons (Fsp3) is 0.500. The molecule has 0 aliphatic heterocycles. The van der Waals surface area contributed by atoms with Crippen LogP contribution in [0.5, 0.6) is 11.5 Å². The average Bonchev–Trinajstić information content (AvgIpc) is 2.29. The topological polar surface area (TPSA) is 50.7 Å². The summed E-state index contributed by atoms with van der Waals surface area (Å²) in [7, 11) is 3.40. The van der Waals surface area contributed by atoms with Gasteiger partial charge in [-0.1, -0.05) is 6.07 Å². The van der Waals surface area contributed by atoms with Crippen molar-refractivity contribution in [2.45, 2.75) is 13.0 Å². The van der Waals surface area contributed by atoms with Gasteiger partial charge in [-0.05, 0) is 31.7 Å². The molecule has 2 N–H and O–H groups in total. The minimum Gasteiger partial charge on any atom is -0.493 e. The summed E-state index contributed by atoms with van der Waals surface area (Å²) in [5.74, 6) is 1.35. The SMILES string of the molecule is CCOc1cc(C(O)CNC)ccc1OC. The molecule has 0 spiro atoms. The first kappa shape index (κ1) is 12.8. The van der Waals surface area contributed by atoms with Crippen molar-refractivity contribution in [1.82, 2.24) is 5.32 Å². The van der Waals surface area contributed by atoms with Crippen molar-refractivity contribution in [1.29, 1.82) is 0 Å². The lowest BCUT2D eigenvalue weighted by molar-refractivity contribution is 0.177. The molecule has 1 atom stereocenters. The summed E-state index contributed by atoms with van der Waals surface area (Å²) < 4.78 is 10.6. The van der Waals surface area contributed by atoms with Crippen molar-refractivity contribution in [3.63, 3.8) is 0 Å². The maximum atomic E-state index is 9.82. The summed E-state index contributed by atoms with van der Waals surface area (Å²) >= 11 is 0. The molecular weight excluding hydrogens is 206 g/mol. The summed E-state index contributed by atoms with van der Waals surface area (Å²) in [4.78, 5) is 0. The zero-order valence-electron chi connectivity index (χ0n) is 9.99. The molecule has 1 unspecified atom stereocenters. The molecule has 0 amide bonds. The number of methoxy groups -OCH3 is 1. The summed E-state index contributed by atoms with van der Waals surface area (Å²) in [6, 6.07) is 5.45. The molecule has 0 bridgehead atoms. The van der Waals surface area contributed by atoms with E-state index in [2.05, 4.69) is 5.32 Å². The van der Waals surface area contributed by atoms with E-state index in [4.69, 9.17) is 9.47 Å². The van der Waals surface area contributed by atoms with E-state index in [9.17, 15) is 5.11 Å². The molecular formula is C12H19NO3. The molecule has 0 saturated heterocycles. The lowest BCUT2D eigenvalue weighted by Crippen LogP contribution is -2.16. The standard InChI is InChI=1S/C12H19NO3/c1-4-16-12-7-9(10(14)8-13-2)5-6-11(12)15-3/h5-7,10,13-14H,4,8H2,1-3H3.